The molecule has 0 bridgehead atoms. The lowest BCUT2D eigenvalue weighted by Crippen LogP contribution is -2.59. The van der Waals surface area contributed by atoms with Crippen molar-refractivity contribution >= 4 is 5.97 Å². The van der Waals surface area contributed by atoms with Crippen LogP contribution in [0.5, 0.6) is 0 Å². The Hall–Kier alpha value is -2.63. The number of allylic oxidation sites excluding steroid dienone is 14. The van der Waals surface area contributed by atoms with Crippen LogP contribution in [0.1, 0.15) is 155 Å². The van der Waals surface area contributed by atoms with E-state index in [2.05, 4.69) is 98.9 Å². The van der Waals surface area contributed by atoms with Gasteiger partial charge in [0.2, 0.25) is 0 Å². The largest absolute Gasteiger partial charge is 0.457 e. The van der Waals surface area contributed by atoms with Gasteiger partial charge in [-0.25, -0.2) is 0 Å². The van der Waals surface area contributed by atoms with E-state index in [0.717, 1.165) is 109 Å². The number of hydrogen-bond acceptors (Lipinski definition) is 9. The van der Waals surface area contributed by atoms with Crippen molar-refractivity contribution in [3.05, 3.63) is 85.1 Å². The Bertz CT molecular complexity index is 1150. The molecule has 6 unspecified atom stereocenters. The summed E-state index contributed by atoms with van der Waals surface area (Å²) in [6.45, 7) is 4.26. The predicted molar refractivity (Wildman–Crippen MR) is 237 cm³/mol. The van der Waals surface area contributed by atoms with Gasteiger partial charge in [-0.15, -0.1) is 0 Å². The molecule has 6 atom stereocenters. The van der Waals surface area contributed by atoms with Gasteiger partial charge in [0.15, 0.2) is 6.29 Å². The molecule has 0 spiro atoms. The van der Waals surface area contributed by atoms with Gasteiger partial charge >= 0.3 is 5.97 Å². The van der Waals surface area contributed by atoms with Crippen molar-refractivity contribution < 1.29 is 44.2 Å². The van der Waals surface area contributed by atoms with E-state index in [-0.39, 0.29) is 19.2 Å². The minimum atomic E-state index is -1.55. The maximum Gasteiger partial charge on any atom is 0.306 e. The Kier molecular flexibility index (Phi) is 36.6. The quantitative estimate of drug-likeness (QED) is 0.0275. The second kappa shape index (κ2) is 39.8. The first-order valence-corrected chi connectivity index (χ1v) is 22.7. The minimum Gasteiger partial charge on any atom is -0.457 e. The van der Waals surface area contributed by atoms with Crippen LogP contribution < -0.4 is 0 Å². The van der Waals surface area contributed by atoms with Gasteiger partial charge < -0.3 is 39.4 Å². The van der Waals surface area contributed by atoms with Gasteiger partial charge in [0.05, 0.1) is 19.8 Å². The van der Waals surface area contributed by atoms with Crippen molar-refractivity contribution in [3.8, 4) is 0 Å². The molecule has 4 N–H and O–H groups in total. The van der Waals surface area contributed by atoms with Crippen molar-refractivity contribution in [2.45, 2.75) is 192 Å². The van der Waals surface area contributed by atoms with E-state index in [1.54, 1.807) is 0 Å². The molecule has 0 aromatic heterocycles. The highest BCUT2D eigenvalue weighted by molar-refractivity contribution is 5.69. The summed E-state index contributed by atoms with van der Waals surface area (Å²) in [6.07, 6.45) is 46.0. The molecule has 9 nitrogen and oxygen atoms in total. The number of aliphatic hydroxyl groups is 4. The lowest BCUT2D eigenvalue weighted by Gasteiger charge is -2.39. The average Bonchev–Trinajstić information content (AvgIpc) is 3.22. The Morgan fingerprint density at radius 1 is 0.552 bits per heavy atom. The molecule has 332 valence electrons. The molecule has 1 fully saturated rings. The number of esters is 1. The van der Waals surface area contributed by atoms with Gasteiger partial charge in [0.25, 0.3) is 0 Å². The number of carbonyl (C=O) groups is 1. The molecule has 1 aliphatic rings. The normalized spacial score (nSPS) is 21.1. The monoisotopic (exact) mass is 815 g/mol. The Balaban J connectivity index is 2.29. The van der Waals surface area contributed by atoms with Gasteiger partial charge in [-0.05, 0) is 83.5 Å². The fraction of sp³-hybridized carbons (Fsp3) is 0.694. The van der Waals surface area contributed by atoms with Crippen LogP contribution in [0.15, 0.2) is 85.1 Å². The Labute approximate surface area is 352 Å². The summed E-state index contributed by atoms with van der Waals surface area (Å²) in [5.74, 6) is -0.335. The first-order chi connectivity index (χ1) is 28.4. The molecule has 1 saturated heterocycles. The third-order valence-electron chi connectivity index (χ3n) is 9.81. The van der Waals surface area contributed by atoms with Gasteiger partial charge in [-0.3, -0.25) is 4.79 Å². The number of hydrogen-bond donors (Lipinski definition) is 4. The van der Waals surface area contributed by atoms with E-state index in [1.807, 2.05) is 0 Å². The van der Waals surface area contributed by atoms with Crippen LogP contribution in [0.4, 0.5) is 0 Å². The second-order valence-electron chi connectivity index (χ2n) is 15.1. The van der Waals surface area contributed by atoms with Gasteiger partial charge in [0, 0.05) is 13.0 Å². The highest BCUT2D eigenvalue weighted by atomic mass is 16.7. The first kappa shape index (κ1) is 53.4. The van der Waals surface area contributed by atoms with E-state index in [0.29, 0.717) is 13.0 Å². The third-order valence-corrected chi connectivity index (χ3v) is 9.81. The van der Waals surface area contributed by atoms with Crippen LogP contribution in [-0.4, -0.2) is 89.6 Å². The van der Waals surface area contributed by atoms with E-state index in [9.17, 15) is 25.2 Å². The lowest BCUT2D eigenvalue weighted by atomic mass is 9.99. The fourth-order valence-electron chi connectivity index (χ4n) is 6.32. The highest BCUT2D eigenvalue weighted by Gasteiger charge is 2.44. The molecule has 1 rings (SSSR count). The Morgan fingerprint density at radius 2 is 1.00 bits per heavy atom. The van der Waals surface area contributed by atoms with Gasteiger partial charge in [0.1, 0.15) is 30.5 Å². The summed E-state index contributed by atoms with van der Waals surface area (Å²) in [5.41, 5.74) is 0. The summed E-state index contributed by atoms with van der Waals surface area (Å²) >= 11 is 0. The van der Waals surface area contributed by atoms with Crippen LogP contribution in [-0.2, 0) is 23.7 Å². The number of ether oxygens (including phenoxy) is 4. The minimum absolute atomic E-state index is 0.123. The van der Waals surface area contributed by atoms with Crippen LogP contribution >= 0.6 is 0 Å². The number of aliphatic hydroxyl groups excluding tert-OH is 4. The standard InChI is InChI=1S/C49H82O9/c1-3-5-7-9-11-13-15-17-19-21-23-25-27-29-31-33-35-37-39-55-41-43(42-56-49-48(54)47(53)46(52)44(40-50)58-49)57-45(51)38-36-34-32-30-28-26-24-22-20-18-16-14-12-10-8-6-4-2/h5-8,11-14,17-20,23,25,43-44,46-50,52-54H,3-4,9-10,15-16,21-22,24,26-42H2,1-2H3/b7-5-,8-6-,13-11-,14-12-,19-17-,20-18-,25-23-. The van der Waals surface area contributed by atoms with Crippen molar-refractivity contribution in [2.24, 2.45) is 0 Å². The van der Waals surface area contributed by atoms with Crippen molar-refractivity contribution in [3.63, 3.8) is 0 Å². The van der Waals surface area contributed by atoms with E-state index < -0.39 is 43.4 Å². The molecule has 1 heterocycles. The third kappa shape index (κ3) is 30.4. The first-order valence-electron chi connectivity index (χ1n) is 22.7. The summed E-state index contributed by atoms with van der Waals surface area (Å²) in [7, 11) is 0. The average molecular weight is 815 g/mol. The summed E-state index contributed by atoms with van der Waals surface area (Å²) in [4.78, 5) is 12.8. The van der Waals surface area contributed by atoms with Crippen LogP contribution in [0.2, 0.25) is 0 Å². The SMILES string of the molecule is CC/C=C\C/C=C\C/C=C\C/C=C\CCCCCCCOCC(COC1OC(CO)C(O)C(O)C1O)OC(=O)CCCCCCCCC/C=C\C/C=C\C/C=C\CC. The molecule has 0 radical (unpaired) electrons. The van der Waals surface area contributed by atoms with Crippen LogP contribution in [0.25, 0.3) is 0 Å². The topological polar surface area (TPSA) is 135 Å². The zero-order valence-corrected chi connectivity index (χ0v) is 36.3. The van der Waals surface area contributed by atoms with Crippen molar-refractivity contribution in [2.75, 3.05) is 26.4 Å². The molecule has 0 saturated carbocycles. The molecule has 0 amide bonds. The molecule has 9 heteroatoms. The summed E-state index contributed by atoms with van der Waals surface area (Å²) in [5, 5.41) is 40.1. The van der Waals surface area contributed by atoms with Crippen molar-refractivity contribution in [1.29, 1.82) is 0 Å². The molecule has 0 aromatic rings. The highest BCUT2D eigenvalue weighted by Crippen LogP contribution is 2.22. The molecule has 0 aliphatic carbocycles. The zero-order chi connectivity index (χ0) is 42.2. The fourth-order valence-corrected chi connectivity index (χ4v) is 6.32. The molecule has 58 heavy (non-hydrogen) atoms. The van der Waals surface area contributed by atoms with E-state index >= 15 is 0 Å². The smallest absolute Gasteiger partial charge is 0.306 e. The number of carbonyl (C=O) groups excluding carboxylic acids is 1. The van der Waals surface area contributed by atoms with E-state index in [4.69, 9.17) is 18.9 Å². The number of unbranched alkanes of at least 4 members (excludes halogenated alkanes) is 12. The maximum atomic E-state index is 12.8. The summed E-state index contributed by atoms with van der Waals surface area (Å²) < 4.78 is 22.8. The molecule has 1 aliphatic heterocycles. The van der Waals surface area contributed by atoms with Crippen LogP contribution in [0, 0.1) is 0 Å². The second-order valence-corrected chi connectivity index (χ2v) is 15.1. The molecular formula is C49H82O9. The predicted octanol–water partition coefficient (Wildman–Crippen LogP) is 10.2. The Morgan fingerprint density at radius 3 is 1.50 bits per heavy atom. The summed E-state index contributed by atoms with van der Waals surface area (Å²) in [6, 6.07) is 0. The maximum absolute atomic E-state index is 12.8. The lowest BCUT2D eigenvalue weighted by molar-refractivity contribution is -0.305. The zero-order valence-electron chi connectivity index (χ0n) is 36.3. The van der Waals surface area contributed by atoms with E-state index in [1.165, 1.54) is 25.7 Å². The number of rotatable bonds is 37. The van der Waals surface area contributed by atoms with Gasteiger partial charge in [-0.1, -0.05) is 150 Å². The molecular weight excluding hydrogens is 733 g/mol. The molecule has 0 aromatic carbocycles. The van der Waals surface area contributed by atoms with Crippen molar-refractivity contribution in [1.82, 2.24) is 0 Å². The van der Waals surface area contributed by atoms with Crippen LogP contribution in [0.3, 0.4) is 0 Å². The van der Waals surface area contributed by atoms with Gasteiger partial charge in [-0.2, -0.15) is 0 Å².